The van der Waals surface area contributed by atoms with E-state index >= 15 is 0 Å². The van der Waals surface area contributed by atoms with Gasteiger partial charge in [-0.1, -0.05) is 38.2 Å². The molecule has 5 heteroatoms. The molecule has 0 aromatic heterocycles. The molecular weight excluding hydrogens is 296 g/mol. The molecule has 0 aromatic carbocycles. The van der Waals surface area contributed by atoms with Gasteiger partial charge in [0, 0.05) is 0 Å². The van der Waals surface area contributed by atoms with Gasteiger partial charge in [0.2, 0.25) is 0 Å². The first-order chi connectivity index (χ1) is 11.0. The van der Waals surface area contributed by atoms with Crippen molar-refractivity contribution in [3.05, 3.63) is 12.7 Å². The highest BCUT2D eigenvalue weighted by atomic mass is 16.7. The van der Waals surface area contributed by atoms with E-state index in [0.29, 0.717) is 0 Å². The minimum absolute atomic E-state index is 0.0509. The maximum absolute atomic E-state index is 9.92. The summed E-state index contributed by atoms with van der Waals surface area (Å²) in [7, 11) is 0. The number of hydrogen-bond donors (Lipinski definition) is 3. The summed E-state index contributed by atoms with van der Waals surface area (Å²) in [6.07, 6.45) is 6.19. The Morgan fingerprint density at radius 2 is 1.61 bits per heavy atom. The molecular formula is C18H34O5. The fraction of sp³-hybridized carbons (Fsp3) is 0.889. The van der Waals surface area contributed by atoms with E-state index < -0.39 is 30.7 Å². The Labute approximate surface area is 140 Å². The lowest BCUT2D eigenvalue weighted by molar-refractivity contribution is -0.303. The summed E-state index contributed by atoms with van der Waals surface area (Å²) in [5.41, 5.74) is 0. The molecule has 5 nitrogen and oxygen atoms in total. The minimum Gasteiger partial charge on any atom is -0.388 e. The van der Waals surface area contributed by atoms with Gasteiger partial charge in [-0.3, -0.25) is 0 Å². The number of aliphatic hydroxyl groups is 3. The van der Waals surface area contributed by atoms with Crippen molar-refractivity contribution in [2.45, 2.75) is 102 Å². The minimum atomic E-state index is -1.23. The lowest BCUT2D eigenvalue weighted by Crippen LogP contribution is -2.57. The Morgan fingerprint density at radius 3 is 2.26 bits per heavy atom. The molecule has 23 heavy (non-hydrogen) atoms. The smallest absolute Gasteiger partial charge is 0.186 e. The van der Waals surface area contributed by atoms with E-state index in [1.165, 1.54) is 32.1 Å². The molecule has 1 fully saturated rings. The van der Waals surface area contributed by atoms with Crippen LogP contribution >= 0.6 is 0 Å². The normalized spacial score (nSPS) is 32.7. The van der Waals surface area contributed by atoms with E-state index in [-0.39, 0.29) is 6.10 Å². The third kappa shape index (κ3) is 7.31. The van der Waals surface area contributed by atoms with E-state index in [0.717, 1.165) is 19.3 Å². The lowest BCUT2D eigenvalue weighted by Gasteiger charge is -2.39. The third-order valence-electron chi connectivity index (χ3n) is 4.44. The van der Waals surface area contributed by atoms with Crippen LogP contribution in [0.25, 0.3) is 0 Å². The molecule has 3 N–H and O–H groups in total. The summed E-state index contributed by atoms with van der Waals surface area (Å²) in [4.78, 5) is 0. The van der Waals surface area contributed by atoms with Crippen molar-refractivity contribution in [3.63, 3.8) is 0 Å². The van der Waals surface area contributed by atoms with Gasteiger partial charge >= 0.3 is 0 Å². The van der Waals surface area contributed by atoms with Crippen LogP contribution < -0.4 is 0 Å². The van der Waals surface area contributed by atoms with Gasteiger partial charge in [-0.15, -0.1) is 6.58 Å². The molecule has 1 aliphatic heterocycles. The maximum Gasteiger partial charge on any atom is 0.186 e. The zero-order chi connectivity index (χ0) is 17.2. The number of allylic oxidation sites excluding steroid dienone is 1. The first kappa shape index (κ1) is 20.6. The Balaban J connectivity index is 2.13. The molecule has 136 valence electrons. The monoisotopic (exact) mass is 330 g/mol. The van der Waals surface area contributed by atoms with Crippen molar-refractivity contribution in [2.24, 2.45) is 0 Å². The van der Waals surface area contributed by atoms with Crippen molar-refractivity contribution in [2.75, 3.05) is 0 Å². The summed E-state index contributed by atoms with van der Waals surface area (Å²) < 4.78 is 11.1. The van der Waals surface area contributed by atoms with Crippen molar-refractivity contribution >= 4 is 0 Å². The van der Waals surface area contributed by atoms with Crippen molar-refractivity contribution in [1.82, 2.24) is 0 Å². The SMILES string of the molecule is C=CCCCCCCCCC(C)O[C@@H]1OC(C)[C@H](O)[C@H](O)C1O. The summed E-state index contributed by atoms with van der Waals surface area (Å²) in [5.74, 6) is 0. The van der Waals surface area contributed by atoms with Crippen molar-refractivity contribution < 1.29 is 24.8 Å². The fourth-order valence-electron chi connectivity index (χ4n) is 2.85. The predicted octanol–water partition coefficient (Wildman–Crippen LogP) is 2.53. The number of rotatable bonds is 11. The van der Waals surface area contributed by atoms with Gasteiger partial charge < -0.3 is 24.8 Å². The van der Waals surface area contributed by atoms with Crippen LogP contribution in [0.3, 0.4) is 0 Å². The summed E-state index contributed by atoms with van der Waals surface area (Å²) in [6.45, 7) is 7.33. The summed E-state index contributed by atoms with van der Waals surface area (Å²) in [5, 5.41) is 29.3. The van der Waals surface area contributed by atoms with E-state index in [4.69, 9.17) is 9.47 Å². The second-order valence-electron chi connectivity index (χ2n) is 6.62. The van der Waals surface area contributed by atoms with Gasteiger partial charge in [0.15, 0.2) is 6.29 Å². The van der Waals surface area contributed by atoms with Crippen LogP contribution in [0.1, 0.15) is 65.2 Å². The standard InChI is InChI=1S/C18H34O5/c1-4-5-6-7-8-9-10-11-12-13(2)22-18-17(21)16(20)15(19)14(3)23-18/h4,13-21H,1,5-12H2,2-3H3/t13?,14?,15-,16-,17?,18+/m0/s1. The second kappa shape index (κ2) is 11.2. The molecule has 0 bridgehead atoms. The molecule has 0 aliphatic carbocycles. The number of unbranched alkanes of at least 4 members (excludes halogenated alkanes) is 6. The zero-order valence-electron chi connectivity index (χ0n) is 14.6. The Hall–Kier alpha value is -0.460. The highest BCUT2D eigenvalue weighted by Crippen LogP contribution is 2.23. The molecule has 0 amide bonds. The van der Waals surface area contributed by atoms with Crippen LogP contribution in [0, 0.1) is 0 Å². The molecule has 0 spiro atoms. The Kier molecular flexibility index (Phi) is 9.99. The predicted molar refractivity (Wildman–Crippen MR) is 90.0 cm³/mol. The average Bonchev–Trinajstić information content (AvgIpc) is 2.53. The molecule has 0 aromatic rings. The molecule has 1 rings (SSSR count). The van der Waals surface area contributed by atoms with Crippen LogP contribution in [-0.4, -0.2) is 52.1 Å². The number of hydrogen-bond acceptors (Lipinski definition) is 5. The molecule has 0 saturated carbocycles. The highest BCUT2D eigenvalue weighted by molar-refractivity contribution is 4.87. The quantitative estimate of drug-likeness (QED) is 0.401. The summed E-state index contributed by atoms with van der Waals surface area (Å²) in [6, 6.07) is 0. The van der Waals surface area contributed by atoms with E-state index in [1.807, 2.05) is 13.0 Å². The van der Waals surface area contributed by atoms with Gasteiger partial charge in [0.25, 0.3) is 0 Å². The molecule has 1 heterocycles. The van der Waals surface area contributed by atoms with E-state index in [1.54, 1.807) is 6.92 Å². The lowest BCUT2D eigenvalue weighted by atomic mass is 10.00. The molecule has 0 radical (unpaired) electrons. The molecule has 1 aliphatic rings. The van der Waals surface area contributed by atoms with E-state index in [9.17, 15) is 15.3 Å². The highest BCUT2D eigenvalue weighted by Gasteiger charge is 2.42. The van der Waals surface area contributed by atoms with Crippen LogP contribution in [0.4, 0.5) is 0 Å². The van der Waals surface area contributed by atoms with Crippen LogP contribution in [-0.2, 0) is 9.47 Å². The molecule has 3 unspecified atom stereocenters. The van der Waals surface area contributed by atoms with Gasteiger partial charge in [0.1, 0.15) is 18.3 Å². The molecule has 6 atom stereocenters. The zero-order valence-corrected chi connectivity index (χ0v) is 14.6. The van der Waals surface area contributed by atoms with Gasteiger partial charge in [-0.2, -0.15) is 0 Å². The van der Waals surface area contributed by atoms with Crippen LogP contribution in [0.5, 0.6) is 0 Å². The van der Waals surface area contributed by atoms with Crippen LogP contribution in [0.2, 0.25) is 0 Å². The maximum atomic E-state index is 9.92. The Bertz CT molecular complexity index is 323. The van der Waals surface area contributed by atoms with Crippen LogP contribution in [0.15, 0.2) is 12.7 Å². The van der Waals surface area contributed by atoms with E-state index in [2.05, 4.69) is 6.58 Å². The number of ether oxygens (including phenoxy) is 2. The molecule has 1 saturated heterocycles. The van der Waals surface area contributed by atoms with Crippen molar-refractivity contribution in [3.8, 4) is 0 Å². The van der Waals surface area contributed by atoms with Gasteiger partial charge in [0.05, 0.1) is 12.2 Å². The Morgan fingerprint density at radius 1 is 1.00 bits per heavy atom. The van der Waals surface area contributed by atoms with Gasteiger partial charge in [-0.25, -0.2) is 0 Å². The average molecular weight is 330 g/mol. The largest absolute Gasteiger partial charge is 0.388 e. The van der Waals surface area contributed by atoms with Gasteiger partial charge in [-0.05, 0) is 33.1 Å². The first-order valence-corrected chi connectivity index (χ1v) is 8.93. The fourth-order valence-corrected chi connectivity index (χ4v) is 2.85. The topological polar surface area (TPSA) is 79.2 Å². The third-order valence-corrected chi connectivity index (χ3v) is 4.44. The number of aliphatic hydroxyl groups excluding tert-OH is 3. The summed E-state index contributed by atoms with van der Waals surface area (Å²) >= 11 is 0. The van der Waals surface area contributed by atoms with Crippen molar-refractivity contribution in [1.29, 1.82) is 0 Å². The second-order valence-corrected chi connectivity index (χ2v) is 6.62. The first-order valence-electron chi connectivity index (χ1n) is 8.93.